The van der Waals surface area contributed by atoms with Crippen molar-refractivity contribution in [1.29, 1.82) is 5.41 Å². The number of benzene rings is 7. The van der Waals surface area contributed by atoms with Gasteiger partial charge in [-0.1, -0.05) is 152 Å². The van der Waals surface area contributed by atoms with Crippen LogP contribution in [0.25, 0.3) is 55.0 Å². The number of rotatable bonds is 5. The van der Waals surface area contributed by atoms with Crippen LogP contribution in [0, 0.1) is 5.41 Å². The summed E-state index contributed by atoms with van der Waals surface area (Å²) in [6, 6.07) is 55.1. The Bertz CT molecular complexity index is 2440. The highest BCUT2D eigenvalue weighted by Crippen LogP contribution is 2.40. The van der Waals surface area contributed by atoms with Gasteiger partial charge in [0, 0.05) is 33.5 Å². The molecule has 0 aliphatic heterocycles. The first-order chi connectivity index (χ1) is 23.2. The summed E-state index contributed by atoms with van der Waals surface area (Å²) in [5.41, 5.74) is 8.51. The Kier molecular flexibility index (Phi) is 7.29. The number of aliphatic imine (C=N–C) groups is 2. The van der Waals surface area contributed by atoms with Gasteiger partial charge in [-0.3, -0.25) is 5.41 Å². The lowest BCUT2D eigenvalue weighted by Gasteiger charge is -2.12. The summed E-state index contributed by atoms with van der Waals surface area (Å²) in [6.07, 6.45) is 1.83. The molecular weight excluding hydrogens is 574 g/mol. The number of furan rings is 1. The lowest BCUT2D eigenvalue weighted by atomic mass is 9.93. The fraction of sp³-hybridized carbons (Fsp3) is 0. The van der Waals surface area contributed by atoms with E-state index < -0.39 is 0 Å². The van der Waals surface area contributed by atoms with Gasteiger partial charge in [0.1, 0.15) is 11.2 Å². The Morgan fingerprint density at radius 2 is 1.17 bits per heavy atom. The summed E-state index contributed by atoms with van der Waals surface area (Å²) in [4.78, 5) is 9.92. The van der Waals surface area contributed by atoms with Gasteiger partial charge < -0.3 is 4.42 Å². The topological polar surface area (TPSA) is 61.7 Å². The third-order valence-electron chi connectivity index (χ3n) is 8.45. The van der Waals surface area contributed by atoms with Crippen LogP contribution in [-0.2, 0) is 0 Å². The molecule has 222 valence electrons. The standard InChI is InChI=1S/C43H29N3O/c44-42(33-17-8-3-9-18-33)46-43(45-28-29-23-25-31(26-24-29)30-13-4-1-5-14-30)38-27-37-34(32-15-6-2-7-16-32)20-12-21-35(37)41-40(38)36-19-10-11-22-39(36)47-41/h1-28,44H. The van der Waals surface area contributed by atoms with Crippen molar-refractivity contribution in [3.05, 3.63) is 180 Å². The van der Waals surface area contributed by atoms with Gasteiger partial charge in [0.25, 0.3) is 0 Å². The highest BCUT2D eigenvalue weighted by molar-refractivity contribution is 6.28. The number of nitrogens with one attached hydrogen (secondary N) is 1. The SMILES string of the molecule is N=C(N=C(N=Cc1ccc(-c2ccccc2)cc1)c1cc2c(-c3ccccc3)cccc2c2oc3ccccc3c12)c1ccccc1. The monoisotopic (exact) mass is 603 g/mol. The van der Waals surface area contributed by atoms with E-state index in [0.29, 0.717) is 11.4 Å². The molecule has 0 spiro atoms. The molecule has 0 aliphatic rings. The Labute approximate surface area is 272 Å². The Morgan fingerprint density at radius 3 is 1.91 bits per heavy atom. The van der Waals surface area contributed by atoms with Gasteiger partial charge in [0.15, 0.2) is 11.7 Å². The molecule has 0 saturated carbocycles. The number of fused-ring (bicyclic) bond motifs is 5. The lowest BCUT2D eigenvalue weighted by molar-refractivity contribution is 0.672. The lowest BCUT2D eigenvalue weighted by Crippen LogP contribution is -2.05. The second-order valence-electron chi connectivity index (χ2n) is 11.4. The molecule has 0 saturated heterocycles. The molecule has 8 aromatic rings. The van der Waals surface area contributed by atoms with E-state index in [1.54, 1.807) is 0 Å². The molecule has 0 aliphatic carbocycles. The summed E-state index contributed by atoms with van der Waals surface area (Å²) < 4.78 is 6.59. The molecule has 1 N–H and O–H groups in total. The molecule has 0 fully saturated rings. The van der Waals surface area contributed by atoms with Crippen molar-refractivity contribution in [2.24, 2.45) is 9.98 Å². The van der Waals surface area contributed by atoms with E-state index in [-0.39, 0.29) is 5.84 Å². The van der Waals surface area contributed by atoms with Gasteiger partial charge in [-0.05, 0) is 45.3 Å². The molecule has 0 radical (unpaired) electrons. The van der Waals surface area contributed by atoms with Gasteiger partial charge >= 0.3 is 0 Å². The minimum Gasteiger partial charge on any atom is -0.455 e. The van der Waals surface area contributed by atoms with Crippen LogP contribution >= 0.6 is 0 Å². The van der Waals surface area contributed by atoms with Crippen molar-refractivity contribution >= 4 is 50.6 Å². The number of hydrogen-bond donors (Lipinski definition) is 1. The van der Waals surface area contributed by atoms with E-state index >= 15 is 0 Å². The highest BCUT2D eigenvalue weighted by atomic mass is 16.3. The maximum Gasteiger partial charge on any atom is 0.162 e. The van der Waals surface area contributed by atoms with E-state index in [0.717, 1.165) is 66.1 Å². The molecule has 1 aromatic heterocycles. The number of amidine groups is 2. The predicted octanol–water partition coefficient (Wildman–Crippen LogP) is 11.0. The number of nitrogens with zero attached hydrogens (tertiary/aromatic N) is 2. The van der Waals surface area contributed by atoms with Crippen molar-refractivity contribution in [3.63, 3.8) is 0 Å². The van der Waals surface area contributed by atoms with Gasteiger partial charge in [-0.2, -0.15) is 0 Å². The minimum atomic E-state index is 0.134. The van der Waals surface area contributed by atoms with Crippen molar-refractivity contribution in [1.82, 2.24) is 0 Å². The third kappa shape index (κ3) is 5.43. The molecule has 7 aromatic carbocycles. The Morgan fingerprint density at radius 1 is 0.553 bits per heavy atom. The van der Waals surface area contributed by atoms with Crippen LogP contribution in [0.5, 0.6) is 0 Å². The zero-order valence-corrected chi connectivity index (χ0v) is 25.5. The second-order valence-corrected chi connectivity index (χ2v) is 11.4. The number of para-hydroxylation sites is 1. The van der Waals surface area contributed by atoms with Crippen LogP contribution in [0.2, 0.25) is 0 Å². The van der Waals surface area contributed by atoms with Gasteiger partial charge in [0.2, 0.25) is 0 Å². The first kappa shape index (κ1) is 28.1. The predicted molar refractivity (Wildman–Crippen MR) is 196 cm³/mol. The largest absolute Gasteiger partial charge is 0.455 e. The quantitative estimate of drug-likeness (QED) is 0.154. The smallest absolute Gasteiger partial charge is 0.162 e. The molecule has 0 amide bonds. The summed E-state index contributed by atoms with van der Waals surface area (Å²) in [5, 5.41) is 13.0. The first-order valence-corrected chi connectivity index (χ1v) is 15.6. The van der Waals surface area contributed by atoms with E-state index in [9.17, 15) is 0 Å². The van der Waals surface area contributed by atoms with Crippen LogP contribution in [-0.4, -0.2) is 17.9 Å². The normalized spacial score (nSPS) is 12.0. The summed E-state index contributed by atoms with van der Waals surface area (Å²) >= 11 is 0. The molecular formula is C43H29N3O. The zero-order valence-electron chi connectivity index (χ0n) is 25.5. The first-order valence-electron chi connectivity index (χ1n) is 15.6. The molecule has 0 atom stereocenters. The molecule has 4 heteroatoms. The average Bonchev–Trinajstić information content (AvgIpc) is 3.54. The van der Waals surface area contributed by atoms with Gasteiger partial charge in [0.05, 0.1) is 0 Å². The van der Waals surface area contributed by atoms with Crippen molar-refractivity contribution in [2.45, 2.75) is 0 Å². The fourth-order valence-corrected chi connectivity index (χ4v) is 6.14. The van der Waals surface area contributed by atoms with E-state index in [2.05, 4.69) is 91.0 Å². The van der Waals surface area contributed by atoms with E-state index in [1.165, 1.54) is 0 Å². The highest BCUT2D eigenvalue weighted by Gasteiger charge is 2.20. The van der Waals surface area contributed by atoms with Crippen LogP contribution < -0.4 is 0 Å². The van der Waals surface area contributed by atoms with Crippen molar-refractivity contribution in [2.75, 3.05) is 0 Å². The summed E-state index contributed by atoms with van der Waals surface area (Å²) in [5.74, 6) is 0.571. The van der Waals surface area contributed by atoms with E-state index in [1.807, 2.05) is 79.0 Å². The average molecular weight is 604 g/mol. The van der Waals surface area contributed by atoms with E-state index in [4.69, 9.17) is 19.8 Å². The van der Waals surface area contributed by atoms with Crippen LogP contribution in [0.1, 0.15) is 16.7 Å². The maximum absolute atomic E-state index is 9.00. The number of hydrogen-bond acceptors (Lipinski definition) is 2. The second kappa shape index (κ2) is 12.2. The molecule has 0 unspecified atom stereocenters. The molecule has 8 rings (SSSR count). The third-order valence-corrected chi connectivity index (χ3v) is 8.45. The minimum absolute atomic E-state index is 0.134. The summed E-state index contributed by atoms with van der Waals surface area (Å²) in [7, 11) is 0. The zero-order chi connectivity index (χ0) is 31.6. The fourth-order valence-electron chi connectivity index (χ4n) is 6.14. The Balaban J connectivity index is 1.35. The Hall–Kier alpha value is -6.39. The van der Waals surface area contributed by atoms with Crippen molar-refractivity contribution < 1.29 is 4.42 Å². The van der Waals surface area contributed by atoms with Crippen LogP contribution in [0.3, 0.4) is 0 Å². The van der Waals surface area contributed by atoms with Gasteiger partial charge in [-0.15, -0.1) is 0 Å². The molecule has 47 heavy (non-hydrogen) atoms. The van der Waals surface area contributed by atoms with Crippen molar-refractivity contribution in [3.8, 4) is 22.3 Å². The summed E-state index contributed by atoms with van der Waals surface area (Å²) in [6.45, 7) is 0. The van der Waals surface area contributed by atoms with Crippen LogP contribution in [0.4, 0.5) is 0 Å². The molecule has 1 heterocycles. The maximum atomic E-state index is 9.00. The molecule has 0 bridgehead atoms. The van der Waals surface area contributed by atoms with Gasteiger partial charge in [-0.25, -0.2) is 9.98 Å². The van der Waals surface area contributed by atoms with Crippen LogP contribution in [0.15, 0.2) is 178 Å². The molecule has 4 nitrogen and oxygen atoms in total.